The molecule has 2 aromatic heterocycles. The van der Waals surface area contributed by atoms with Gasteiger partial charge in [0.05, 0.1) is 7.11 Å². The molecule has 10 heteroatoms. The minimum atomic E-state index is -0.699. The number of rotatable bonds is 5. The number of imidazole rings is 1. The van der Waals surface area contributed by atoms with Gasteiger partial charge in [0.2, 0.25) is 5.91 Å². The van der Waals surface area contributed by atoms with Gasteiger partial charge in [-0.2, -0.15) is 0 Å². The Morgan fingerprint density at radius 3 is 2.46 bits per heavy atom. The van der Waals surface area contributed by atoms with Crippen LogP contribution in [0.2, 0.25) is 0 Å². The zero-order valence-electron chi connectivity index (χ0n) is 15.9. The van der Waals surface area contributed by atoms with Gasteiger partial charge in [-0.3, -0.25) is 23.3 Å². The second-order valence-corrected chi connectivity index (χ2v) is 7.08. The van der Waals surface area contributed by atoms with Crippen LogP contribution in [0.4, 0.5) is 0 Å². The highest BCUT2D eigenvalue weighted by atomic mass is 79.9. The molecule has 2 heterocycles. The molecule has 0 saturated carbocycles. The van der Waals surface area contributed by atoms with Crippen molar-refractivity contribution in [1.82, 2.24) is 24.0 Å². The van der Waals surface area contributed by atoms with Gasteiger partial charge in [0.25, 0.3) is 5.56 Å². The van der Waals surface area contributed by atoms with E-state index in [0.717, 1.165) is 15.9 Å². The summed E-state index contributed by atoms with van der Waals surface area (Å²) in [7, 11) is 4.52. The predicted octanol–water partition coefficient (Wildman–Crippen LogP) is 1.08. The van der Waals surface area contributed by atoms with Gasteiger partial charge in [-0.15, -0.1) is 0 Å². The maximum atomic E-state index is 12.7. The average Bonchev–Trinajstić information content (AvgIpc) is 3.05. The number of aryl methyl sites for hydroxylation is 1. The van der Waals surface area contributed by atoms with Gasteiger partial charge < -0.3 is 10.1 Å². The predicted molar refractivity (Wildman–Crippen MR) is 107 cm³/mol. The van der Waals surface area contributed by atoms with E-state index < -0.39 is 17.3 Å². The molecule has 3 rings (SSSR count). The smallest absolute Gasteiger partial charge is 0.332 e. The fraction of sp³-hybridized carbons (Fsp3) is 0.333. The Morgan fingerprint density at radius 1 is 1.21 bits per heavy atom. The summed E-state index contributed by atoms with van der Waals surface area (Å²) in [4.78, 5) is 41.6. The molecule has 1 atom stereocenters. The average molecular weight is 450 g/mol. The third kappa shape index (κ3) is 3.35. The largest absolute Gasteiger partial charge is 0.497 e. The standard InChI is InChI=1S/C18H20BrN5O4/c1-10(14(25)20-9-11-5-7-12(28-4)8-6-11)24-15-13(21-17(24)19)16(26)23(3)18(27)22(15)2/h5-8,10H,9H2,1-4H3,(H,20,25). The van der Waals surface area contributed by atoms with Crippen molar-refractivity contribution in [1.29, 1.82) is 0 Å². The van der Waals surface area contributed by atoms with Crippen LogP contribution in [0.5, 0.6) is 5.75 Å². The number of halogens is 1. The van der Waals surface area contributed by atoms with Crippen molar-refractivity contribution in [2.75, 3.05) is 7.11 Å². The number of nitrogens with zero attached hydrogens (tertiary/aromatic N) is 4. The molecule has 3 aromatic rings. The first kappa shape index (κ1) is 19.9. The summed E-state index contributed by atoms with van der Waals surface area (Å²) in [5.74, 6) is 0.462. The van der Waals surface area contributed by atoms with Crippen molar-refractivity contribution in [3.8, 4) is 5.75 Å². The van der Waals surface area contributed by atoms with Crippen molar-refractivity contribution in [2.24, 2.45) is 14.1 Å². The molecular weight excluding hydrogens is 430 g/mol. The highest BCUT2D eigenvalue weighted by molar-refractivity contribution is 9.10. The van der Waals surface area contributed by atoms with E-state index in [0.29, 0.717) is 11.3 Å². The zero-order chi connectivity index (χ0) is 20.6. The van der Waals surface area contributed by atoms with Crippen molar-refractivity contribution in [3.63, 3.8) is 0 Å². The van der Waals surface area contributed by atoms with Gasteiger partial charge in [0.15, 0.2) is 15.9 Å². The third-order valence-electron chi connectivity index (χ3n) is 4.63. The SMILES string of the molecule is COc1ccc(CNC(=O)C(C)n2c(Br)nc3c(=O)n(C)c(=O)n(C)c32)cc1. The molecule has 0 aliphatic rings. The number of nitrogens with one attached hydrogen (secondary N) is 1. The number of benzene rings is 1. The van der Waals surface area contributed by atoms with E-state index >= 15 is 0 Å². The van der Waals surface area contributed by atoms with Crippen LogP contribution in [0.25, 0.3) is 11.2 Å². The number of carbonyl (C=O) groups is 1. The summed E-state index contributed by atoms with van der Waals surface area (Å²) in [6.45, 7) is 2.01. The molecule has 0 spiro atoms. The molecule has 1 amide bonds. The summed E-state index contributed by atoms with van der Waals surface area (Å²) >= 11 is 3.30. The lowest BCUT2D eigenvalue weighted by atomic mass is 10.2. The maximum Gasteiger partial charge on any atom is 0.332 e. The molecule has 9 nitrogen and oxygen atoms in total. The molecule has 0 aliphatic carbocycles. The maximum absolute atomic E-state index is 12.7. The number of ether oxygens (including phenoxy) is 1. The molecule has 1 aromatic carbocycles. The monoisotopic (exact) mass is 449 g/mol. The Balaban J connectivity index is 1.91. The van der Waals surface area contributed by atoms with E-state index in [-0.39, 0.29) is 17.1 Å². The highest BCUT2D eigenvalue weighted by Gasteiger charge is 2.24. The lowest BCUT2D eigenvalue weighted by molar-refractivity contribution is -0.124. The minimum Gasteiger partial charge on any atom is -0.497 e. The summed E-state index contributed by atoms with van der Waals surface area (Å²) < 4.78 is 9.24. The van der Waals surface area contributed by atoms with Gasteiger partial charge >= 0.3 is 5.69 Å². The van der Waals surface area contributed by atoms with Crippen LogP contribution in [0, 0.1) is 0 Å². The molecule has 0 bridgehead atoms. The number of aromatic nitrogens is 4. The molecule has 28 heavy (non-hydrogen) atoms. The topological polar surface area (TPSA) is 100 Å². The van der Waals surface area contributed by atoms with Gasteiger partial charge in [-0.05, 0) is 40.5 Å². The van der Waals surface area contributed by atoms with Crippen molar-refractivity contribution in [2.45, 2.75) is 19.5 Å². The third-order valence-corrected chi connectivity index (χ3v) is 5.19. The van der Waals surface area contributed by atoms with E-state index in [1.54, 1.807) is 14.0 Å². The molecular formula is C18H20BrN5O4. The Bertz CT molecular complexity index is 1160. The summed E-state index contributed by atoms with van der Waals surface area (Å²) in [6, 6.07) is 6.65. The van der Waals surface area contributed by atoms with Gasteiger partial charge in [0.1, 0.15) is 11.8 Å². The van der Waals surface area contributed by atoms with Crippen LogP contribution in [-0.2, 0) is 25.4 Å². The first-order valence-corrected chi connectivity index (χ1v) is 9.29. The van der Waals surface area contributed by atoms with Gasteiger partial charge in [0, 0.05) is 20.6 Å². The highest BCUT2D eigenvalue weighted by Crippen LogP contribution is 2.22. The molecule has 1 N–H and O–H groups in total. The van der Waals surface area contributed by atoms with Crippen LogP contribution in [-0.4, -0.2) is 31.7 Å². The Kier molecular flexibility index (Phi) is 5.41. The Labute approximate surface area is 168 Å². The zero-order valence-corrected chi connectivity index (χ0v) is 17.5. The number of hydrogen-bond acceptors (Lipinski definition) is 5. The first-order valence-electron chi connectivity index (χ1n) is 8.50. The summed E-state index contributed by atoms with van der Waals surface area (Å²) in [5.41, 5.74) is 0.316. The van der Waals surface area contributed by atoms with Crippen molar-refractivity contribution < 1.29 is 9.53 Å². The van der Waals surface area contributed by atoms with Crippen LogP contribution >= 0.6 is 15.9 Å². The van der Waals surface area contributed by atoms with Gasteiger partial charge in [-0.1, -0.05) is 12.1 Å². The molecule has 0 aliphatic heterocycles. The minimum absolute atomic E-state index is 0.117. The lowest BCUT2D eigenvalue weighted by Gasteiger charge is -2.17. The van der Waals surface area contributed by atoms with Crippen molar-refractivity contribution >= 4 is 33.0 Å². The Morgan fingerprint density at radius 2 is 1.86 bits per heavy atom. The van der Waals surface area contributed by atoms with E-state index in [1.807, 2.05) is 24.3 Å². The number of carbonyl (C=O) groups excluding carboxylic acids is 1. The second kappa shape index (κ2) is 7.63. The Hall–Kier alpha value is -2.88. The molecule has 0 fully saturated rings. The molecule has 148 valence electrons. The number of fused-ring (bicyclic) bond motifs is 1. The summed E-state index contributed by atoms with van der Waals surface area (Å²) in [5, 5.41) is 2.86. The number of amides is 1. The van der Waals surface area contributed by atoms with Crippen LogP contribution < -0.4 is 21.3 Å². The van der Waals surface area contributed by atoms with Crippen LogP contribution in [0.3, 0.4) is 0 Å². The van der Waals surface area contributed by atoms with E-state index in [1.165, 1.54) is 23.2 Å². The van der Waals surface area contributed by atoms with E-state index in [9.17, 15) is 14.4 Å². The summed E-state index contributed by atoms with van der Waals surface area (Å²) in [6.07, 6.45) is 0. The normalized spacial score (nSPS) is 12.2. The number of hydrogen-bond donors (Lipinski definition) is 1. The van der Waals surface area contributed by atoms with Gasteiger partial charge in [-0.25, -0.2) is 9.78 Å². The number of methoxy groups -OCH3 is 1. The molecule has 1 unspecified atom stereocenters. The van der Waals surface area contributed by atoms with Crippen LogP contribution in [0.15, 0.2) is 38.6 Å². The van der Waals surface area contributed by atoms with E-state index in [2.05, 4.69) is 26.2 Å². The lowest BCUT2D eigenvalue weighted by Crippen LogP contribution is -2.38. The van der Waals surface area contributed by atoms with E-state index in [4.69, 9.17) is 4.74 Å². The molecule has 0 radical (unpaired) electrons. The van der Waals surface area contributed by atoms with Crippen LogP contribution in [0.1, 0.15) is 18.5 Å². The quantitative estimate of drug-likeness (QED) is 0.587. The molecule has 0 saturated heterocycles. The van der Waals surface area contributed by atoms with Crippen molar-refractivity contribution in [3.05, 3.63) is 55.4 Å². The fourth-order valence-corrected chi connectivity index (χ4v) is 3.62. The fourth-order valence-electron chi connectivity index (χ4n) is 2.96. The first-order chi connectivity index (χ1) is 13.3. The second-order valence-electron chi connectivity index (χ2n) is 6.37.